The minimum absolute atomic E-state index is 0.135. The fraction of sp³-hybridized carbons (Fsp3) is 0.708. The molecule has 2 amide bonds. The summed E-state index contributed by atoms with van der Waals surface area (Å²) in [6, 6.07) is 10.7. The molecule has 1 saturated heterocycles. The van der Waals surface area contributed by atoms with Gasteiger partial charge in [0.1, 0.15) is 0 Å². The van der Waals surface area contributed by atoms with Gasteiger partial charge in [-0.15, -0.1) is 11.6 Å². The second-order valence-electron chi connectivity index (χ2n) is 10.00. The van der Waals surface area contributed by atoms with Crippen LogP contribution < -0.4 is 5.73 Å². The van der Waals surface area contributed by atoms with Crippen LogP contribution in [-0.2, 0) is 5.54 Å². The Hall–Kier alpha value is -1.26. The summed E-state index contributed by atoms with van der Waals surface area (Å²) < 4.78 is 0. The number of nitrogens with zero attached hydrogens (tertiary/aromatic N) is 2. The molecule has 3 fully saturated rings. The van der Waals surface area contributed by atoms with Gasteiger partial charge in [-0.3, -0.25) is 0 Å². The lowest BCUT2D eigenvalue weighted by atomic mass is 9.63. The smallest absolute Gasteiger partial charge is 0.321 e. The SMILES string of the molecule is CC1(C)N(CCCCl)C(=O)N(CC2CCC2)C12CCC(N)(c1ccccc1)CC2. The van der Waals surface area contributed by atoms with Gasteiger partial charge in [-0.2, -0.15) is 0 Å². The molecule has 2 N–H and O–H groups in total. The molecule has 2 saturated carbocycles. The Balaban J connectivity index is 1.62. The van der Waals surface area contributed by atoms with Crippen LogP contribution in [0.5, 0.6) is 0 Å². The van der Waals surface area contributed by atoms with E-state index in [1.54, 1.807) is 0 Å². The molecule has 1 aliphatic heterocycles. The van der Waals surface area contributed by atoms with Crippen LogP contribution in [0.25, 0.3) is 0 Å². The molecule has 0 radical (unpaired) electrons. The number of carbonyl (C=O) groups excluding carboxylic acids is 1. The van der Waals surface area contributed by atoms with E-state index >= 15 is 0 Å². The molecule has 29 heavy (non-hydrogen) atoms. The largest absolute Gasteiger partial charge is 0.321 e. The molecule has 1 spiro atoms. The number of rotatable bonds is 6. The van der Waals surface area contributed by atoms with Crippen molar-refractivity contribution in [2.45, 2.75) is 81.8 Å². The fourth-order valence-electron chi connectivity index (χ4n) is 5.98. The predicted molar refractivity (Wildman–Crippen MR) is 119 cm³/mol. The highest BCUT2D eigenvalue weighted by Crippen LogP contribution is 2.53. The van der Waals surface area contributed by atoms with Gasteiger partial charge < -0.3 is 15.5 Å². The van der Waals surface area contributed by atoms with Gasteiger partial charge in [0.2, 0.25) is 0 Å². The third-order valence-electron chi connectivity index (χ3n) is 8.29. The molecule has 1 aromatic rings. The Morgan fingerprint density at radius 3 is 2.28 bits per heavy atom. The van der Waals surface area contributed by atoms with Gasteiger partial charge in [-0.1, -0.05) is 36.8 Å². The van der Waals surface area contributed by atoms with Crippen molar-refractivity contribution in [2.75, 3.05) is 19.0 Å². The van der Waals surface area contributed by atoms with Crippen LogP contribution in [0.3, 0.4) is 0 Å². The summed E-state index contributed by atoms with van der Waals surface area (Å²) in [6.07, 6.45) is 8.41. The molecule has 1 aromatic carbocycles. The summed E-state index contributed by atoms with van der Waals surface area (Å²) in [5, 5.41) is 0. The van der Waals surface area contributed by atoms with E-state index in [0.29, 0.717) is 11.8 Å². The summed E-state index contributed by atoms with van der Waals surface area (Å²) in [5.41, 5.74) is 7.50. The van der Waals surface area contributed by atoms with Crippen LogP contribution in [0.2, 0.25) is 0 Å². The Bertz CT molecular complexity index is 723. The third-order valence-corrected chi connectivity index (χ3v) is 8.56. The highest BCUT2D eigenvalue weighted by Gasteiger charge is 2.63. The first-order chi connectivity index (χ1) is 13.8. The molecule has 4 nitrogen and oxygen atoms in total. The molecule has 4 rings (SSSR count). The summed E-state index contributed by atoms with van der Waals surface area (Å²) in [7, 11) is 0. The maximum Gasteiger partial charge on any atom is 0.321 e. The highest BCUT2D eigenvalue weighted by molar-refractivity contribution is 6.17. The Labute approximate surface area is 180 Å². The van der Waals surface area contributed by atoms with Crippen molar-refractivity contribution in [3.05, 3.63) is 35.9 Å². The number of hydrogen-bond donors (Lipinski definition) is 1. The van der Waals surface area contributed by atoms with E-state index in [1.807, 2.05) is 6.07 Å². The first-order valence-electron chi connectivity index (χ1n) is 11.3. The monoisotopic (exact) mass is 417 g/mol. The quantitative estimate of drug-likeness (QED) is 0.654. The lowest BCUT2D eigenvalue weighted by molar-refractivity contribution is 0.00674. The van der Waals surface area contributed by atoms with Crippen LogP contribution >= 0.6 is 11.6 Å². The van der Waals surface area contributed by atoms with E-state index in [-0.39, 0.29) is 22.6 Å². The molecule has 1 heterocycles. The van der Waals surface area contributed by atoms with Gasteiger partial charge in [0.25, 0.3) is 0 Å². The molecule has 5 heteroatoms. The zero-order chi connectivity index (χ0) is 20.7. The predicted octanol–water partition coefficient (Wildman–Crippen LogP) is 5.10. The molecular formula is C24H36ClN3O. The third kappa shape index (κ3) is 3.37. The van der Waals surface area contributed by atoms with E-state index < -0.39 is 0 Å². The van der Waals surface area contributed by atoms with Crippen LogP contribution in [0, 0.1) is 5.92 Å². The van der Waals surface area contributed by atoms with E-state index in [4.69, 9.17) is 17.3 Å². The summed E-state index contributed by atoms with van der Waals surface area (Å²) >= 11 is 5.99. The second-order valence-corrected chi connectivity index (χ2v) is 10.4. The van der Waals surface area contributed by atoms with Crippen molar-refractivity contribution in [2.24, 2.45) is 11.7 Å². The van der Waals surface area contributed by atoms with Gasteiger partial charge >= 0.3 is 6.03 Å². The average Bonchev–Trinajstić information content (AvgIpc) is 2.83. The number of urea groups is 1. The van der Waals surface area contributed by atoms with E-state index in [2.05, 4.69) is 47.9 Å². The van der Waals surface area contributed by atoms with Crippen molar-refractivity contribution in [1.82, 2.24) is 9.80 Å². The number of alkyl halides is 1. The number of nitrogens with two attached hydrogens (primary N) is 1. The standard InChI is InChI=1S/C24H36ClN3O/c1-22(2)24(14-12-23(26,13-15-24)20-10-4-3-5-11-20)28(18-19-8-6-9-19)21(29)27(22)17-7-16-25/h3-5,10-11,19H,6-9,12-18,26H2,1-2H3. The van der Waals surface area contributed by atoms with Crippen molar-refractivity contribution >= 4 is 17.6 Å². The first kappa shape index (κ1) is 21.0. The van der Waals surface area contributed by atoms with Crippen LogP contribution in [0.15, 0.2) is 30.3 Å². The maximum absolute atomic E-state index is 13.6. The lowest BCUT2D eigenvalue weighted by Crippen LogP contribution is -2.63. The Morgan fingerprint density at radius 1 is 1.07 bits per heavy atom. The molecule has 0 atom stereocenters. The van der Waals surface area contributed by atoms with E-state index in [0.717, 1.165) is 45.2 Å². The van der Waals surface area contributed by atoms with Gasteiger partial charge in [0, 0.05) is 24.5 Å². The summed E-state index contributed by atoms with van der Waals surface area (Å²) in [5.74, 6) is 1.26. The van der Waals surface area contributed by atoms with Gasteiger partial charge in [0.15, 0.2) is 0 Å². The molecule has 160 valence electrons. The number of hydrogen-bond acceptors (Lipinski definition) is 2. The number of amides is 2. The van der Waals surface area contributed by atoms with Crippen molar-refractivity contribution in [3.63, 3.8) is 0 Å². The van der Waals surface area contributed by atoms with Crippen LogP contribution in [-0.4, -0.2) is 45.9 Å². The summed E-state index contributed by atoms with van der Waals surface area (Å²) in [4.78, 5) is 18.0. The van der Waals surface area contributed by atoms with Gasteiger partial charge in [0.05, 0.1) is 11.1 Å². The molecule has 2 aliphatic carbocycles. The average molecular weight is 418 g/mol. The summed E-state index contributed by atoms with van der Waals surface area (Å²) in [6.45, 7) is 6.19. The number of carbonyl (C=O) groups is 1. The van der Waals surface area contributed by atoms with Crippen LogP contribution in [0.4, 0.5) is 4.79 Å². The van der Waals surface area contributed by atoms with Gasteiger partial charge in [-0.25, -0.2) is 4.79 Å². The van der Waals surface area contributed by atoms with Gasteiger partial charge in [-0.05, 0) is 70.3 Å². The lowest BCUT2D eigenvalue weighted by Gasteiger charge is -2.53. The van der Waals surface area contributed by atoms with Crippen LogP contribution in [0.1, 0.15) is 70.8 Å². The Kier molecular flexibility index (Phi) is 5.63. The van der Waals surface area contributed by atoms with Crippen molar-refractivity contribution in [1.29, 1.82) is 0 Å². The van der Waals surface area contributed by atoms with E-state index in [1.165, 1.54) is 24.8 Å². The molecule has 0 bridgehead atoms. The van der Waals surface area contributed by atoms with Crippen molar-refractivity contribution < 1.29 is 4.79 Å². The number of benzene rings is 1. The van der Waals surface area contributed by atoms with E-state index in [9.17, 15) is 4.79 Å². The minimum atomic E-state index is -0.294. The first-order valence-corrected chi connectivity index (χ1v) is 11.9. The fourth-order valence-corrected chi connectivity index (χ4v) is 6.10. The maximum atomic E-state index is 13.6. The highest BCUT2D eigenvalue weighted by atomic mass is 35.5. The molecular weight excluding hydrogens is 382 g/mol. The minimum Gasteiger partial charge on any atom is -0.321 e. The zero-order valence-electron chi connectivity index (χ0n) is 18.0. The second kappa shape index (κ2) is 7.77. The Morgan fingerprint density at radius 2 is 1.72 bits per heavy atom. The normalized spacial score (nSPS) is 32.1. The molecule has 0 unspecified atom stereocenters. The van der Waals surface area contributed by atoms with Crippen molar-refractivity contribution in [3.8, 4) is 0 Å². The zero-order valence-corrected chi connectivity index (χ0v) is 18.8. The topological polar surface area (TPSA) is 49.6 Å². The molecule has 3 aliphatic rings. The molecule has 0 aromatic heterocycles. The number of halogens is 1.